The topological polar surface area (TPSA) is 61.2 Å². The number of ketones is 1. The normalized spacial score (nSPS) is 13.2. The van der Waals surface area contributed by atoms with Crippen molar-refractivity contribution >= 4 is 11.7 Å². The minimum Gasteiger partial charge on any atom is -0.497 e. The van der Waals surface area contributed by atoms with Crippen LogP contribution in [0.15, 0.2) is 30.6 Å². The van der Waals surface area contributed by atoms with Crippen molar-refractivity contribution in [3.63, 3.8) is 0 Å². The third kappa shape index (κ3) is 1.22. The van der Waals surface area contributed by atoms with Gasteiger partial charge in [-0.25, -0.2) is 4.98 Å². The number of aromatic nitrogens is 2. The van der Waals surface area contributed by atoms with E-state index in [1.807, 2.05) is 0 Å². The molecule has 0 unspecified atom stereocenters. The zero-order chi connectivity index (χ0) is 12.0. The summed E-state index contributed by atoms with van der Waals surface area (Å²) in [5, 5.41) is 0. The first-order chi connectivity index (χ1) is 8.22. The Morgan fingerprint density at radius 1 is 1.24 bits per heavy atom. The van der Waals surface area contributed by atoms with Crippen LogP contribution in [0.3, 0.4) is 0 Å². The highest BCUT2D eigenvalue weighted by atomic mass is 16.5. The van der Waals surface area contributed by atoms with Gasteiger partial charge in [0.25, 0.3) is 5.91 Å². The SMILES string of the molecule is COc1ccc2c(c1)C(=O)n1ccnc1C2=O. The van der Waals surface area contributed by atoms with Gasteiger partial charge in [0, 0.05) is 18.0 Å². The average Bonchev–Trinajstić information content (AvgIpc) is 2.85. The van der Waals surface area contributed by atoms with Crippen molar-refractivity contribution in [2.45, 2.75) is 0 Å². The number of nitrogens with zero attached hydrogens (tertiary/aromatic N) is 2. The molecule has 0 N–H and O–H groups in total. The first-order valence-electron chi connectivity index (χ1n) is 5.03. The van der Waals surface area contributed by atoms with Gasteiger partial charge in [0.05, 0.1) is 12.7 Å². The van der Waals surface area contributed by atoms with Crippen molar-refractivity contribution < 1.29 is 14.3 Å². The molecule has 5 heteroatoms. The second-order valence-electron chi connectivity index (χ2n) is 3.67. The van der Waals surface area contributed by atoms with Crippen LogP contribution < -0.4 is 4.74 Å². The smallest absolute Gasteiger partial charge is 0.264 e. The number of methoxy groups -OCH3 is 1. The van der Waals surface area contributed by atoms with Crippen LogP contribution in [0, 0.1) is 0 Å². The van der Waals surface area contributed by atoms with Crippen molar-refractivity contribution in [1.82, 2.24) is 9.55 Å². The lowest BCUT2D eigenvalue weighted by Crippen LogP contribution is -2.26. The van der Waals surface area contributed by atoms with E-state index in [-0.39, 0.29) is 17.5 Å². The van der Waals surface area contributed by atoms with E-state index < -0.39 is 0 Å². The molecule has 0 atom stereocenters. The first kappa shape index (κ1) is 9.77. The molecule has 2 aromatic rings. The molecule has 0 amide bonds. The minimum atomic E-state index is -0.258. The maximum atomic E-state index is 12.1. The second-order valence-corrected chi connectivity index (χ2v) is 3.67. The van der Waals surface area contributed by atoms with E-state index in [1.165, 1.54) is 24.1 Å². The molecule has 1 aromatic heterocycles. The average molecular weight is 228 g/mol. The summed E-state index contributed by atoms with van der Waals surface area (Å²) in [5.41, 5.74) is 0.717. The Kier molecular flexibility index (Phi) is 1.89. The summed E-state index contributed by atoms with van der Waals surface area (Å²) in [6, 6.07) is 4.81. The van der Waals surface area contributed by atoms with E-state index in [0.29, 0.717) is 16.9 Å². The van der Waals surface area contributed by atoms with Crippen molar-refractivity contribution in [3.05, 3.63) is 47.5 Å². The molecular weight excluding hydrogens is 220 g/mol. The highest BCUT2D eigenvalue weighted by Crippen LogP contribution is 2.25. The minimum absolute atomic E-state index is 0.160. The van der Waals surface area contributed by atoms with Crippen LogP contribution in [0.2, 0.25) is 0 Å². The Morgan fingerprint density at radius 3 is 2.82 bits per heavy atom. The van der Waals surface area contributed by atoms with Crippen LogP contribution in [-0.2, 0) is 0 Å². The Morgan fingerprint density at radius 2 is 2.06 bits per heavy atom. The van der Waals surface area contributed by atoms with E-state index in [9.17, 15) is 9.59 Å². The van der Waals surface area contributed by atoms with Crippen LogP contribution in [0.25, 0.3) is 0 Å². The molecule has 3 rings (SSSR count). The molecule has 1 aliphatic heterocycles. The molecule has 0 fully saturated rings. The quantitative estimate of drug-likeness (QED) is 0.626. The van der Waals surface area contributed by atoms with Crippen molar-refractivity contribution in [2.24, 2.45) is 0 Å². The largest absolute Gasteiger partial charge is 0.497 e. The molecule has 0 aliphatic carbocycles. The van der Waals surface area contributed by atoms with Gasteiger partial charge in [-0.05, 0) is 18.2 Å². The standard InChI is InChI=1S/C12H8N2O3/c1-17-7-2-3-8-9(6-7)12(16)14-5-4-13-11(14)10(8)15/h2-6H,1H3. The van der Waals surface area contributed by atoms with Crippen LogP contribution in [-0.4, -0.2) is 28.4 Å². The number of hydrogen-bond acceptors (Lipinski definition) is 4. The lowest BCUT2D eigenvalue weighted by atomic mass is 9.99. The molecule has 1 aliphatic rings. The van der Waals surface area contributed by atoms with E-state index in [2.05, 4.69) is 4.98 Å². The fourth-order valence-corrected chi connectivity index (χ4v) is 1.91. The zero-order valence-corrected chi connectivity index (χ0v) is 9.01. The summed E-state index contributed by atoms with van der Waals surface area (Å²) in [5.74, 6) is 0.208. The van der Waals surface area contributed by atoms with Gasteiger partial charge in [0.1, 0.15) is 5.75 Å². The van der Waals surface area contributed by atoms with E-state index in [4.69, 9.17) is 4.74 Å². The fourth-order valence-electron chi connectivity index (χ4n) is 1.91. The zero-order valence-electron chi connectivity index (χ0n) is 9.01. The number of imidazole rings is 1. The lowest BCUT2D eigenvalue weighted by molar-refractivity contribution is 0.0907. The molecule has 2 heterocycles. The number of ether oxygens (including phenoxy) is 1. The number of hydrogen-bond donors (Lipinski definition) is 0. The van der Waals surface area contributed by atoms with Crippen molar-refractivity contribution in [1.29, 1.82) is 0 Å². The molecule has 84 valence electrons. The second kappa shape index (κ2) is 3.28. The maximum absolute atomic E-state index is 12.1. The number of carbonyl (C=O) groups is 2. The van der Waals surface area contributed by atoms with Gasteiger partial charge >= 0.3 is 0 Å². The highest BCUT2D eigenvalue weighted by molar-refractivity contribution is 6.19. The number of rotatable bonds is 1. The predicted molar refractivity (Wildman–Crippen MR) is 58.4 cm³/mol. The number of fused-ring (bicyclic) bond motifs is 2. The van der Waals surface area contributed by atoms with Gasteiger partial charge in [-0.2, -0.15) is 0 Å². The summed E-state index contributed by atoms with van der Waals surface area (Å²) in [6.45, 7) is 0. The van der Waals surface area contributed by atoms with Crippen LogP contribution in [0.4, 0.5) is 0 Å². The molecule has 0 saturated heterocycles. The predicted octanol–water partition coefficient (Wildman–Crippen LogP) is 1.12. The lowest BCUT2D eigenvalue weighted by Gasteiger charge is -2.15. The van der Waals surface area contributed by atoms with Crippen molar-refractivity contribution in [2.75, 3.05) is 7.11 Å². The van der Waals surface area contributed by atoms with E-state index >= 15 is 0 Å². The van der Waals surface area contributed by atoms with E-state index in [0.717, 1.165) is 0 Å². The Balaban J connectivity index is 2.27. The van der Waals surface area contributed by atoms with Crippen LogP contribution in [0.5, 0.6) is 5.75 Å². The van der Waals surface area contributed by atoms with Gasteiger partial charge in [0.15, 0.2) is 5.82 Å². The van der Waals surface area contributed by atoms with Gasteiger partial charge in [-0.3, -0.25) is 14.2 Å². The molecule has 17 heavy (non-hydrogen) atoms. The van der Waals surface area contributed by atoms with Crippen LogP contribution >= 0.6 is 0 Å². The van der Waals surface area contributed by atoms with Gasteiger partial charge in [-0.1, -0.05) is 0 Å². The fraction of sp³-hybridized carbons (Fsp3) is 0.0833. The van der Waals surface area contributed by atoms with Gasteiger partial charge in [0.2, 0.25) is 5.78 Å². The molecule has 0 spiro atoms. The third-order valence-corrected chi connectivity index (χ3v) is 2.76. The molecule has 0 bridgehead atoms. The number of benzene rings is 1. The summed E-state index contributed by atoms with van der Waals surface area (Å²) in [7, 11) is 1.51. The molecule has 0 radical (unpaired) electrons. The molecular formula is C12H8N2O3. The van der Waals surface area contributed by atoms with Crippen LogP contribution in [0.1, 0.15) is 26.5 Å². The summed E-state index contributed by atoms with van der Waals surface area (Å²) < 4.78 is 6.30. The van der Waals surface area contributed by atoms with Gasteiger partial charge in [-0.15, -0.1) is 0 Å². The summed E-state index contributed by atoms with van der Waals surface area (Å²) in [4.78, 5) is 28.0. The number of carbonyl (C=O) groups excluding carboxylic acids is 2. The molecule has 0 saturated carbocycles. The summed E-state index contributed by atoms with van der Waals surface area (Å²) >= 11 is 0. The maximum Gasteiger partial charge on any atom is 0.264 e. The Hall–Kier alpha value is -2.43. The molecule has 5 nitrogen and oxygen atoms in total. The first-order valence-corrected chi connectivity index (χ1v) is 5.03. The van der Waals surface area contributed by atoms with Crippen molar-refractivity contribution in [3.8, 4) is 5.75 Å². The summed E-state index contributed by atoms with van der Waals surface area (Å²) in [6.07, 6.45) is 2.92. The molecule has 1 aromatic carbocycles. The third-order valence-electron chi connectivity index (χ3n) is 2.76. The Labute approximate surface area is 96.7 Å². The Bertz CT molecular complexity index is 643. The monoisotopic (exact) mass is 228 g/mol. The van der Waals surface area contributed by atoms with E-state index in [1.54, 1.807) is 18.2 Å². The van der Waals surface area contributed by atoms with Gasteiger partial charge < -0.3 is 4.74 Å². The highest BCUT2D eigenvalue weighted by Gasteiger charge is 2.30.